The van der Waals surface area contributed by atoms with Crippen LogP contribution in [0.2, 0.25) is 0 Å². The SMILES string of the molecule is CCc1cccc2c(C(=O)C3CCCO3)c[nH]c12. The van der Waals surface area contributed by atoms with E-state index in [2.05, 4.69) is 18.0 Å². The number of para-hydroxylation sites is 1. The van der Waals surface area contributed by atoms with Crippen LogP contribution in [0.1, 0.15) is 35.7 Å². The number of ether oxygens (including phenoxy) is 1. The number of hydrogen-bond donors (Lipinski definition) is 1. The van der Waals surface area contributed by atoms with Gasteiger partial charge in [0.1, 0.15) is 6.10 Å². The fourth-order valence-electron chi connectivity index (χ4n) is 2.67. The van der Waals surface area contributed by atoms with Gasteiger partial charge in [0.05, 0.1) is 0 Å². The summed E-state index contributed by atoms with van der Waals surface area (Å²) >= 11 is 0. The van der Waals surface area contributed by atoms with E-state index in [9.17, 15) is 4.79 Å². The molecule has 3 rings (SSSR count). The van der Waals surface area contributed by atoms with E-state index in [4.69, 9.17) is 4.74 Å². The number of rotatable bonds is 3. The molecule has 18 heavy (non-hydrogen) atoms. The average Bonchev–Trinajstić information content (AvgIpc) is 3.06. The first-order valence-corrected chi connectivity index (χ1v) is 6.56. The lowest BCUT2D eigenvalue weighted by molar-refractivity contribution is 0.0644. The molecule has 1 saturated heterocycles. The van der Waals surface area contributed by atoms with Crippen molar-refractivity contribution < 1.29 is 9.53 Å². The fraction of sp³-hybridized carbons (Fsp3) is 0.400. The van der Waals surface area contributed by atoms with Crippen molar-refractivity contribution in [2.45, 2.75) is 32.3 Å². The molecule has 0 amide bonds. The third kappa shape index (κ3) is 1.75. The van der Waals surface area contributed by atoms with E-state index in [1.807, 2.05) is 18.3 Å². The quantitative estimate of drug-likeness (QED) is 0.842. The van der Waals surface area contributed by atoms with Gasteiger partial charge in [0, 0.05) is 29.3 Å². The summed E-state index contributed by atoms with van der Waals surface area (Å²) < 4.78 is 5.48. The Bertz CT molecular complexity index is 579. The van der Waals surface area contributed by atoms with Gasteiger partial charge in [0.15, 0.2) is 5.78 Å². The van der Waals surface area contributed by atoms with Gasteiger partial charge in [-0.05, 0) is 24.8 Å². The molecule has 0 radical (unpaired) electrons. The molecule has 0 spiro atoms. The zero-order valence-electron chi connectivity index (χ0n) is 10.5. The van der Waals surface area contributed by atoms with Crippen LogP contribution in [0.25, 0.3) is 10.9 Å². The van der Waals surface area contributed by atoms with Crippen LogP contribution in [0, 0.1) is 0 Å². The van der Waals surface area contributed by atoms with Gasteiger partial charge in [-0.2, -0.15) is 0 Å². The number of nitrogens with one attached hydrogen (secondary N) is 1. The van der Waals surface area contributed by atoms with Gasteiger partial charge in [-0.1, -0.05) is 25.1 Å². The molecule has 1 aliphatic heterocycles. The summed E-state index contributed by atoms with van der Waals surface area (Å²) in [5.74, 6) is 0.118. The highest BCUT2D eigenvalue weighted by Crippen LogP contribution is 2.26. The number of aromatic nitrogens is 1. The van der Waals surface area contributed by atoms with Gasteiger partial charge in [-0.3, -0.25) is 4.79 Å². The third-order valence-electron chi connectivity index (χ3n) is 3.67. The first-order chi connectivity index (χ1) is 8.81. The zero-order chi connectivity index (χ0) is 12.5. The number of aryl methyl sites for hydroxylation is 1. The van der Waals surface area contributed by atoms with Crippen molar-refractivity contribution in [3.05, 3.63) is 35.5 Å². The number of fused-ring (bicyclic) bond motifs is 1. The Hall–Kier alpha value is -1.61. The van der Waals surface area contributed by atoms with Gasteiger partial charge >= 0.3 is 0 Å². The Labute approximate surface area is 106 Å². The fourth-order valence-corrected chi connectivity index (χ4v) is 2.67. The maximum Gasteiger partial charge on any atom is 0.193 e. The number of aromatic amines is 1. The second-order valence-corrected chi connectivity index (χ2v) is 4.76. The minimum atomic E-state index is -0.241. The number of carbonyl (C=O) groups excluding carboxylic acids is 1. The summed E-state index contributed by atoms with van der Waals surface area (Å²) in [6, 6.07) is 6.12. The smallest absolute Gasteiger partial charge is 0.193 e. The molecule has 1 aromatic carbocycles. The molecule has 1 atom stereocenters. The summed E-state index contributed by atoms with van der Waals surface area (Å²) in [5, 5.41) is 1.02. The molecule has 2 aromatic rings. The predicted molar refractivity (Wildman–Crippen MR) is 71.0 cm³/mol. The van der Waals surface area contributed by atoms with Crippen LogP contribution < -0.4 is 0 Å². The number of hydrogen-bond acceptors (Lipinski definition) is 2. The number of Topliss-reactive ketones (excluding diaryl/α,β-unsaturated/α-hetero) is 1. The zero-order valence-corrected chi connectivity index (χ0v) is 10.5. The molecule has 2 heterocycles. The van der Waals surface area contributed by atoms with Gasteiger partial charge < -0.3 is 9.72 Å². The van der Waals surface area contributed by atoms with Crippen LogP contribution in [0.3, 0.4) is 0 Å². The third-order valence-corrected chi connectivity index (χ3v) is 3.67. The van der Waals surface area contributed by atoms with Crippen LogP contribution in [-0.4, -0.2) is 23.5 Å². The molecule has 0 aliphatic carbocycles. The van der Waals surface area contributed by atoms with E-state index in [1.54, 1.807) is 0 Å². The van der Waals surface area contributed by atoms with E-state index < -0.39 is 0 Å². The van der Waals surface area contributed by atoms with Crippen molar-refractivity contribution in [1.29, 1.82) is 0 Å². The first kappa shape index (κ1) is 11.5. The minimum absolute atomic E-state index is 0.118. The highest BCUT2D eigenvalue weighted by atomic mass is 16.5. The molecule has 0 saturated carbocycles. The van der Waals surface area contributed by atoms with Crippen LogP contribution in [0.5, 0.6) is 0 Å². The number of H-pyrrole nitrogens is 1. The average molecular weight is 243 g/mol. The highest BCUT2D eigenvalue weighted by Gasteiger charge is 2.26. The largest absolute Gasteiger partial charge is 0.370 e. The van der Waals surface area contributed by atoms with Crippen molar-refractivity contribution in [2.24, 2.45) is 0 Å². The van der Waals surface area contributed by atoms with Crippen LogP contribution in [-0.2, 0) is 11.2 Å². The Morgan fingerprint density at radius 1 is 1.50 bits per heavy atom. The van der Waals surface area contributed by atoms with Crippen LogP contribution >= 0.6 is 0 Å². The molecule has 3 nitrogen and oxygen atoms in total. The second-order valence-electron chi connectivity index (χ2n) is 4.76. The van der Waals surface area contributed by atoms with Crippen LogP contribution in [0.15, 0.2) is 24.4 Å². The maximum atomic E-state index is 12.4. The minimum Gasteiger partial charge on any atom is -0.370 e. The topological polar surface area (TPSA) is 42.1 Å². The van der Waals surface area contributed by atoms with E-state index in [0.29, 0.717) is 6.61 Å². The highest BCUT2D eigenvalue weighted by molar-refractivity contribution is 6.10. The Kier molecular flexibility index (Phi) is 2.92. The Morgan fingerprint density at radius 3 is 3.11 bits per heavy atom. The molecule has 1 aliphatic rings. The molecule has 0 bridgehead atoms. The second kappa shape index (κ2) is 4.58. The summed E-state index contributed by atoms with van der Waals surface area (Å²) in [7, 11) is 0. The summed E-state index contributed by atoms with van der Waals surface area (Å²) in [6.07, 6.45) is 4.38. The lowest BCUT2D eigenvalue weighted by Crippen LogP contribution is -2.19. The Balaban J connectivity index is 2.04. The van der Waals surface area contributed by atoms with E-state index in [-0.39, 0.29) is 11.9 Å². The number of carbonyl (C=O) groups is 1. The summed E-state index contributed by atoms with van der Waals surface area (Å²) in [5.41, 5.74) is 3.10. The maximum absolute atomic E-state index is 12.4. The van der Waals surface area contributed by atoms with Gasteiger partial charge in [0.2, 0.25) is 0 Å². The molecule has 1 aromatic heterocycles. The first-order valence-electron chi connectivity index (χ1n) is 6.56. The molecule has 94 valence electrons. The van der Waals surface area contributed by atoms with Gasteiger partial charge in [0.25, 0.3) is 0 Å². The number of ketones is 1. The molecular weight excluding hydrogens is 226 g/mol. The summed E-state index contributed by atoms with van der Waals surface area (Å²) in [6.45, 7) is 2.83. The van der Waals surface area contributed by atoms with E-state index in [0.717, 1.165) is 35.7 Å². The predicted octanol–water partition coefficient (Wildman–Crippen LogP) is 3.09. The number of benzene rings is 1. The monoisotopic (exact) mass is 243 g/mol. The molecular formula is C15H17NO2. The van der Waals surface area contributed by atoms with Crippen molar-refractivity contribution in [3.8, 4) is 0 Å². The van der Waals surface area contributed by atoms with Gasteiger partial charge in [-0.25, -0.2) is 0 Å². The van der Waals surface area contributed by atoms with Crippen molar-refractivity contribution in [3.63, 3.8) is 0 Å². The van der Waals surface area contributed by atoms with Crippen molar-refractivity contribution >= 4 is 16.7 Å². The normalized spacial score (nSPS) is 19.5. The Morgan fingerprint density at radius 2 is 2.39 bits per heavy atom. The lowest BCUT2D eigenvalue weighted by Gasteiger charge is -2.07. The van der Waals surface area contributed by atoms with Gasteiger partial charge in [-0.15, -0.1) is 0 Å². The molecule has 1 unspecified atom stereocenters. The van der Waals surface area contributed by atoms with Crippen molar-refractivity contribution in [1.82, 2.24) is 4.98 Å². The molecule has 3 heteroatoms. The van der Waals surface area contributed by atoms with E-state index in [1.165, 1.54) is 5.56 Å². The standard InChI is InChI=1S/C15H17NO2/c1-2-10-5-3-6-11-12(9-16-14(10)11)15(17)13-7-4-8-18-13/h3,5-6,9,13,16H,2,4,7-8H2,1H3. The molecule has 1 fully saturated rings. The van der Waals surface area contributed by atoms with Crippen LogP contribution in [0.4, 0.5) is 0 Å². The summed E-state index contributed by atoms with van der Waals surface area (Å²) in [4.78, 5) is 15.6. The van der Waals surface area contributed by atoms with Crippen molar-refractivity contribution in [2.75, 3.05) is 6.61 Å². The molecule has 1 N–H and O–H groups in total. The lowest BCUT2D eigenvalue weighted by atomic mass is 10.0. The van der Waals surface area contributed by atoms with E-state index >= 15 is 0 Å².